The summed E-state index contributed by atoms with van der Waals surface area (Å²) in [7, 11) is 0. The van der Waals surface area contributed by atoms with Gasteiger partial charge in [0, 0.05) is 12.5 Å². The third kappa shape index (κ3) is 1.49. The molecule has 3 heteroatoms. The Morgan fingerprint density at radius 1 is 1.24 bits per heavy atom. The average molecular weight is 227 g/mol. The number of fused-ring (bicyclic) bond motifs is 2. The van der Waals surface area contributed by atoms with Gasteiger partial charge in [0.1, 0.15) is 5.82 Å². The standard InChI is InChI=1S/C14H17N3/c15-7-8-1-2-12-13(3-8)17-14(16-12)11-5-9-4-10(9)6-11/h1-3,9-11H,4-7,15H2,(H,16,17). The Kier molecular flexibility index (Phi) is 1.89. The molecule has 2 unspecified atom stereocenters. The molecule has 0 spiro atoms. The highest BCUT2D eigenvalue weighted by Crippen LogP contribution is 2.57. The van der Waals surface area contributed by atoms with E-state index in [1.54, 1.807) is 0 Å². The third-order valence-electron chi connectivity index (χ3n) is 4.43. The molecule has 17 heavy (non-hydrogen) atoms. The predicted molar refractivity (Wildman–Crippen MR) is 67.6 cm³/mol. The molecule has 0 aliphatic heterocycles. The summed E-state index contributed by atoms with van der Waals surface area (Å²) in [5.41, 5.74) is 9.05. The van der Waals surface area contributed by atoms with Crippen LogP contribution >= 0.6 is 0 Å². The van der Waals surface area contributed by atoms with Gasteiger partial charge in [-0.25, -0.2) is 4.98 Å². The van der Waals surface area contributed by atoms with Crippen LogP contribution in [-0.4, -0.2) is 9.97 Å². The first-order valence-electron chi connectivity index (χ1n) is 6.52. The first-order chi connectivity index (χ1) is 8.33. The van der Waals surface area contributed by atoms with Crippen molar-refractivity contribution in [1.82, 2.24) is 9.97 Å². The Hall–Kier alpha value is -1.35. The monoisotopic (exact) mass is 227 g/mol. The van der Waals surface area contributed by atoms with Crippen molar-refractivity contribution in [1.29, 1.82) is 0 Å². The average Bonchev–Trinajstić information content (AvgIpc) is 2.80. The summed E-state index contributed by atoms with van der Waals surface area (Å²) in [6.07, 6.45) is 4.15. The molecule has 0 bridgehead atoms. The predicted octanol–water partition coefficient (Wildman–Crippen LogP) is 2.54. The fraction of sp³-hybridized carbons (Fsp3) is 0.500. The van der Waals surface area contributed by atoms with Gasteiger partial charge >= 0.3 is 0 Å². The van der Waals surface area contributed by atoms with Crippen LogP contribution in [0.1, 0.15) is 36.6 Å². The summed E-state index contributed by atoms with van der Waals surface area (Å²) < 4.78 is 0. The van der Waals surface area contributed by atoms with Gasteiger partial charge in [0.25, 0.3) is 0 Å². The molecular weight excluding hydrogens is 210 g/mol. The highest BCUT2D eigenvalue weighted by atomic mass is 14.9. The summed E-state index contributed by atoms with van der Waals surface area (Å²) in [5.74, 6) is 3.88. The quantitative estimate of drug-likeness (QED) is 0.828. The van der Waals surface area contributed by atoms with Gasteiger partial charge < -0.3 is 10.7 Å². The van der Waals surface area contributed by atoms with Gasteiger partial charge in [-0.2, -0.15) is 0 Å². The Bertz CT molecular complexity index is 562. The molecule has 1 heterocycles. The summed E-state index contributed by atoms with van der Waals surface area (Å²) in [4.78, 5) is 8.22. The molecule has 3 nitrogen and oxygen atoms in total. The number of aromatic amines is 1. The van der Waals surface area contributed by atoms with Crippen LogP contribution in [0.5, 0.6) is 0 Å². The van der Waals surface area contributed by atoms with Crippen molar-refractivity contribution < 1.29 is 0 Å². The molecule has 0 saturated heterocycles. The topological polar surface area (TPSA) is 54.7 Å². The van der Waals surface area contributed by atoms with Gasteiger partial charge in [0.15, 0.2) is 0 Å². The number of rotatable bonds is 2. The maximum absolute atomic E-state index is 5.66. The van der Waals surface area contributed by atoms with Crippen LogP contribution in [0.25, 0.3) is 11.0 Å². The van der Waals surface area contributed by atoms with E-state index in [9.17, 15) is 0 Å². The van der Waals surface area contributed by atoms with Crippen molar-refractivity contribution in [2.24, 2.45) is 17.6 Å². The molecule has 2 aliphatic carbocycles. The summed E-state index contributed by atoms with van der Waals surface area (Å²) in [5, 5.41) is 0. The zero-order valence-corrected chi connectivity index (χ0v) is 9.82. The van der Waals surface area contributed by atoms with Crippen LogP contribution in [0.4, 0.5) is 0 Å². The van der Waals surface area contributed by atoms with Crippen LogP contribution in [0, 0.1) is 11.8 Å². The zero-order chi connectivity index (χ0) is 11.4. The third-order valence-corrected chi connectivity index (χ3v) is 4.43. The van der Waals surface area contributed by atoms with Gasteiger partial charge in [-0.15, -0.1) is 0 Å². The SMILES string of the molecule is NCc1ccc2nc(C3CC4CC4C3)[nH]c2c1. The lowest BCUT2D eigenvalue weighted by Crippen LogP contribution is -1.97. The number of nitrogens with one attached hydrogen (secondary N) is 1. The van der Waals surface area contributed by atoms with E-state index in [4.69, 9.17) is 10.7 Å². The second-order valence-corrected chi connectivity index (χ2v) is 5.60. The van der Waals surface area contributed by atoms with Gasteiger partial charge in [-0.05, 0) is 48.8 Å². The Balaban J connectivity index is 1.71. The molecule has 88 valence electrons. The molecule has 2 saturated carbocycles. The molecule has 4 rings (SSSR count). The summed E-state index contributed by atoms with van der Waals surface area (Å²) >= 11 is 0. The normalized spacial score (nSPS) is 30.8. The minimum atomic E-state index is 0.595. The number of hydrogen-bond acceptors (Lipinski definition) is 2. The first kappa shape index (κ1) is 9.66. The van der Waals surface area contributed by atoms with Crippen LogP contribution in [-0.2, 0) is 6.54 Å². The number of nitrogens with zero attached hydrogens (tertiary/aromatic N) is 1. The summed E-state index contributed by atoms with van der Waals surface area (Å²) in [6.45, 7) is 0.595. The molecule has 0 amide bonds. The Morgan fingerprint density at radius 2 is 2.06 bits per heavy atom. The van der Waals surface area contributed by atoms with Gasteiger partial charge in [0.05, 0.1) is 11.0 Å². The second-order valence-electron chi connectivity index (χ2n) is 5.60. The molecule has 1 aromatic carbocycles. The van der Waals surface area contributed by atoms with Crippen LogP contribution < -0.4 is 5.73 Å². The smallest absolute Gasteiger partial charge is 0.110 e. The van der Waals surface area contributed by atoms with Crippen molar-refractivity contribution >= 4 is 11.0 Å². The van der Waals surface area contributed by atoms with Gasteiger partial charge in [0.2, 0.25) is 0 Å². The van der Waals surface area contributed by atoms with Gasteiger partial charge in [-0.1, -0.05) is 6.07 Å². The largest absolute Gasteiger partial charge is 0.342 e. The Labute approximate surface area is 100 Å². The zero-order valence-electron chi connectivity index (χ0n) is 9.82. The highest BCUT2D eigenvalue weighted by Gasteiger charge is 2.46. The maximum Gasteiger partial charge on any atom is 0.110 e. The van der Waals surface area contributed by atoms with E-state index in [0.717, 1.165) is 22.9 Å². The summed E-state index contributed by atoms with van der Waals surface area (Å²) in [6, 6.07) is 6.27. The van der Waals surface area contributed by atoms with E-state index < -0.39 is 0 Å². The molecular formula is C14H17N3. The van der Waals surface area contributed by atoms with E-state index in [1.807, 2.05) is 0 Å². The molecule has 0 radical (unpaired) electrons. The van der Waals surface area contributed by atoms with E-state index in [-0.39, 0.29) is 0 Å². The number of imidazole rings is 1. The lowest BCUT2D eigenvalue weighted by molar-refractivity contribution is 0.597. The van der Waals surface area contributed by atoms with Crippen molar-refractivity contribution in [3.63, 3.8) is 0 Å². The number of aromatic nitrogens is 2. The lowest BCUT2D eigenvalue weighted by Gasteiger charge is -2.06. The molecule has 1 aromatic heterocycles. The van der Waals surface area contributed by atoms with Gasteiger partial charge in [-0.3, -0.25) is 0 Å². The minimum absolute atomic E-state index is 0.595. The second kappa shape index (κ2) is 3.33. The number of benzene rings is 1. The van der Waals surface area contributed by atoms with E-state index in [2.05, 4.69) is 23.2 Å². The Morgan fingerprint density at radius 3 is 2.82 bits per heavy atom. The molecule has 2 aliphatic rings. The molecule has 2 fully saturated rings. The number of hydrogen-bond donors (Lipinski definition) is 2. The van der Waals surface area contributed by atoms with E-state index in [0.29, 0.717) is 12.5 Å². The van der Waals surface area contributed by atoms with Crippen molar-refractivity contribution in [2.75, 3.05) is 0 Å². The lowest BCUT2D eigenvalue weighted by atomic mass is 10.0. The van der Waals surface area contributed by atoms with Crippen LogP contribution in [0.2, 0.25) is 0 Å². The van der Waals surface area contributed by atoms with E-state index in [1.165, 1.54) is 30.7 Å². The maximum atomic E-state index is 5.66. The molecule has 2 aromatic rings. The first-order valence-corrected chi connectivity index (χ1v) is 6.52. The molecule has 3 N–H and O–H groups in total. The fourth-order valence-electron chi connectivity index (χ4n) is 3.33. The number of H-pyrrole nitrogens is 1. The number of nitrogens with two attached hydrogens (primary N) is 1. The van der Waals surface area contributed by atoms with Crippen molar-refractivity contribution in [3.05, 3.63) is 29.6 Å². The fourth-order valence-corrected chi connectivity index (χ4v) is 3.33. The van der Waals surface area contributed by atoms with Crippen molar-refractivity contribution in [2.45, 2.75) is 31.7 Å². The van der Waals surface area contributed by atoms with Crippen LogP contribution in [0.15, 0.2) is 18.2 Å². The van der Waals surface area contributed by atoms with Crippen LogP contribution in [0.3, 0.4) is 0 Å². The molecule has 2 atom stereocenters. The van der Waals surface area contributed by atoms with Crippen molar-refractivity contribution in [3.8, 4) is 0 Å². The minimum Gasteiger partial charge on any atom is -0.342 e. The highest BCUT2D eigenvalue weighted by molar-refractivity contribution is 5.76. The van der Waals surface area contributed by atoms with E-state index >= 15 is 0 Å².